The van der Waals surface area contributed by atoms with E-state index in [1.165, 1.54) is 10.5 Å². The van der Waals surface area contributed by atoms with E-state index in [2.05, 4.69) is 29.6 Å². The summed E-state index contributed by atoms with van der Waals surface area (Å²) in [4.78, 5) is 52.7. The van der Waals surface area contributed by atoms with Gasteiger partial charge >= 0.3 is 0 Å². The maximum absolute atomic E-state index is 12.9. The number of phenols is 1. The molecule has 0 spiro atoms. The Hall–Kier alpha value is -5.84. The standard InChI is InChI=1S/C42H43N3O8/c1-44(39(48)9-5-6-21-51-32-15-17-33-29(23-32)25-45(42(33)50)36-18-19-38(47)43-41(36)49)20-22-52-31-13-10-28(11-14-31)40-34-16-12-30(46)24-37(34)53-26-35(40)27-7-3-2-4-8-27/h2-4,7-8,10-17,23-24,35-36,40,46H,5-6,9,18-22,25-26H2,1H3,(H,43,47,49)/t35?,36?,40-/m1/s1. The number of rotatable bonds is 13. The van der Waals surface area contributed by atoms with E-state index in [1.807, 2.05) is 42.5 Å². The molecule has 53 heavy (non-hydrogen) atoms. The van der Waals surface area contributed by atoms with Crippen LogP contribution in [0.5, 0.6) is 23.0 Å². The zero-order valence-corrected chi connectivity index (χ0v) is 29.7. The van der Waals surface area contributed by atoms with Crippen molar-refractivity contribution in [2.45, 2.75) is 56.5 Å². The molecule has 0 aromatic heterocycles. The molecule has 3 atom stereocenters. The lowest BCUT2D eigenvalue weighted by atomic mass is 9.76. The first-order chi connectivity index (χ1) is 25.7. The first-order valence-corrected chi connectivity index (χ1v) is 18.1. The number of imide groups is 1. The fourth-order valence-electron chi connectivity index (χ4n) is 7.39. The Labute approximate surface area is 308 Å². The van der Waals surface area contributed by atoms with Crippen LogP contribution in [-0.2, 0) is 20.9 Å². The highest BCUT2D eigenvalue weighted by Crippen LogP contribution is 2.47. The number of likely N-dealkylation sites (N-methyl/N-ethyl adjacent to an activating group) is 1. The Morgan fingerprint density at radius 2 is 1.68 bits per heavy atom. The van der Waals surface area contributed by atoms with Gasteiger partial charge in [-0.15, -0.1) is 0 Å². The first-order valence-electron chi connectivity index (χ1n) is 18.1. The van der Waals surface area contributed by atoms with Crippen molar-refractivity contribution in [3.05, 3.63) is 119 Å². The number of nitrogens with one attached hydrogen (secondary N) is 1. The highest BCUT2D eigenvalue weighted by Gasteiger charge is 2.39. The number of carbonyl (C=O) groups excluding carboxylic acids is 4. The third kappa shape index (κ3) is 7.99. The first kappa shape index (κ1) is 35.6. The maximum Gasteiger partial charge on any atom is 0.255 e. The summed E-state index contributed by atoms with van der Waals surface area (Å²) in [6, 6.07) is 28.3. The predicted octanol–water partition coefficient (Wildman–Crippen LogP) is 5.55. The molecular formula is C42H43N3O8. The van der Waals surface area contributed by atoms with Crippen LogP contribution in [0.15, 0.2) is 91.0 Å². The number of hydrogen-bond donors (Lipinski definition) is 2. The van der Waals surface area contributed by atoms with Crippen molar-refractivity contribution in [1.82, 2.24) is 15.1 Å². The molecule has 4 aromatic rings. The van der Waals surface area contributed by atoms with Gasteiger partial charge in [-0.25, -0.2) is 0 Å². The molecule has 1 fully saturated rings. The van der Waals surface area contributed by atoms with Gasteiger partial charge in [-0.05, 0) is 72.4 Å². The van der Waals surface area contributed by atoms with Gasteiger partial charge in [0, 0.05) is 55.5 Å². The second kappa shape index (κ2) is 15.8. The van der Waals surface area contributed by atoms with Crippen molar-refractivity contribution in [1.29, 1.82) is 0 Å². The predicted molar refractivity (Wildman–Crippen MR) is 196 cm³/mol. The zero-order valence-electron chi connectivity index (χ0n) is 29.7. The monoisotopic (exact) mass is 717 g/mol. The molecule has 4 aromatic carbocycles. The van der Waals surface area contributed by atoms with Crippen molar-refractivity contribution in [2.24, 2.45) is 0 Å². The third-order valence-electron chi connectivity index (χ3n) is 10.3. The van der Waals surface area contributed by atoms with E-state index in [0.717, 1.165) is 22.4 Å². The maximum atomic E-state index is 12.9. The molecule has 11 nitrogen and oxygen atoms in total. The molecule has 1 saturated heterocycles. The minimum absolute atomic E-state index is 0.0321. The number of fused-ring (bicyclic) bond motifs is 2. The van der Waals surface area contributed by atoms with Crippen molar-refractivity contribution < 1.29 is 38.5 Å². The van der Waals surface area contributed by atoms with E-state index in [1.54, 1.807) is 36.2 Å². The van der Waals surface area contributed by atoms with Crippen LogP contribution < -0.4 is 19.5 Å². The summed E-state index contributed by atoms with van der Waals surface area (Å²) in [6.45, 7) is 2.03. The second-order valence-corrected chi connectivity index (χ2v) is 13.8. The molecule has 0 saturated carbocycles. The molecule has 11 heteroatoms. The summed E-state index contributed by atoms with van der Waals surface area (Å²) in [5.41, 5.74) is 4.68. The lowest BCUT2D eigenvalue weighted by Gasteiger charge is -2.34. The van der Waals surface area contributed by atoms with Crippen molar-refractivity contribution in [2.75, 3.05) is 33.4 Å². The fraction of sp³-hybridized carbons (Fsp3) is 0.333. The number of phenolic OH excluding ortho intramolecular Hbond substituents is 1. The Bertz CT molecular complexity index is 1980. The van der Waals surface area contributed by atoms with Crippen LogP contribution >= 0.6 is 0 Å². The van der Waals surface area contributed by atoms with Crippen LogP contribution in [0.2, 0.25) is 0 Å². The molecule has 4 amide bonds. The Morgan fingerprint density at radius 3 is 2.47 bits per heavy atom. The zero-order chi connectivity index (χ0) is 36.9. The average Bonchev–Trinajstić information content (AvgIpc) is 3.49. The van der Waals surface area contributed by atoms with E-state index in [-0.39, 0.29) is 41.7 Å². The quantitative estimate of drug-likeness (QED) is 0.136. The van der Waals surface area contributed by atoms with E-state index >= 15 is 0 Å². The van der Waals surface area contributed by atoms with Crippen molar-refractivity contribution in [3.63, 3.8) is 0 Å². The smallest absolute Gasteiger partial charge is 0.255 e. The van der Waals surface area contributed by atoms with Gasteiger partial charge in [0.05, 0.1) is 19.8 Å². The minimum Gasteiger partial charge on any atom is -0.508 e. The highest BCUT2D eigenvalue weighted by atomic mass is 16.5. The van der Waals surface area contributed by atoms with Crippen LogP contribution in [0.1, 0.15) is 76.6 Å². The molecule has 2 unspecified atom stereocenters. The Kier molecular flexibility index (Phi) is 10.6. The number of amides is 4. The molecule has 0 bridgehead atoms. The van der Waals surface area contributed by atoms with Gasteiger partial charge in [-0.1, -0.05) is 48.5 Å². The lowest BCUT2D eigenvalue weighted by molar-refractivity contribution is -0.137. The normalized spacial score (nSPS) is 19.2. The number of hydrogen-bond acceptors (Lipinski definition) is 8. The molecule has 0 aliphatic carbocycles. The van der Waals surface area contributed by atoms with Gasteiger partial charge in [-0.3, -0.25) is 24.5 Å². The van der Waals surface area contributed by atoms with Crippen molar-refractivity contribution in [3.8, 4) is 23.0 Å². The minimum atomic E-state index is -0.654. The van der Waals surface area contributed by atoms with Crippen LogP contribution in [-0.4, -0.2) is 78.0 Å². The van der Waals surface area contributed by atoms with Crippen LogP contribution in [0.25, 0.3) is 0 Å². The van der Waals surface area contributed by atoms with E-state index in [4.69, 9.17) is 14.2 Å². The number of benzene rings is 4. The van der Waals surface area contributed by atoms with E-state index < -0.39 is 11.9 Å². The summed E-state index contributed by atoms with van der Waals surface area (Å²) >= 11 is 0. The molecule has 274 valence electrons. The number of aromatic hydroxyl groups is 1. The molecule has 2 N–H and O–H groups in total. The van der Waals surface area contributed by atoms with Crippen LogP contribution in [0.3, 0.4) is 0 Å². The number of carbonyl (C=O) groups is 4. The fourth-order valence-corrected chi connectivity index (χ4v) is 7.39. The van der Waals surface area contributed by atoms with Crippen LogP contribution in [0.4, 0.5) is 0 Å². The SMILES string of the molecule is CN(CCOc1ccc([C@@H]2c3ccc(O)cc3OCC2c2ccccc2)cc1)C(=O)CCCCOc1ccc2c(c1)CN(C1CCC(=O)NC1=O)C2=O. The average molecular weight is 718 g/mol. The van der Waals surface area contributed by atoms with Gasteiger partial charge in [0.25, 0.3) is 5.91 Å². The Morgan fingerprint density at radius 1 is 0.906 bits per heavy atom. The lowest BCUT2D eigenvalue weighted by Crippen LogP contribution is -2.52. The van der Waals surface area contributed by atoms with E-state index in [9.17, 15) is 24.3 Å². The molecule has 3 heterocycles. The van der Waals surface area contributed by atoms with E-state index in [0.29, 0.717) is 75.7 Å². The molecule has 3 aliphatic heterocycles. The highest BCUT2D eigenvalue weighted by molar-refractivity contribution is 6.05. The van der Waals surface area contributed by atoms with Gasteiger partial charge < -0.3 is 29.1 Å². The van der Waals surface area contributed by atoms with Crippen molar-refractivity contribution >= 4 is 23.6 Å². The topological polar surface area (TPSA) is 135 Å². The summed E-state index contributed by atoms with van der Waals surface area (Å²) < 4.78 is 18.0. The van der Waals surface area contributed by atoms with Gasteiger partial charge in [0.15, 0.2) is 0 Å². The molecule has 3 aliphatic rings. The van der Waals surface area contributed by atoms with Crippen LogP contribution in [0, 0.1) is 0 Å². The second-order valence-electron chi connectivity index (χ2n) is 13.8. The number of piperidine rings is 1. The summed E-state index contributed by atoms with van der Waals surface area (Å²) in [7, 11) is 1.78. The number of ether oxygens (including phenoxy) is 3. The van der Waals surface area contributed by atoms with Gasteiger partial charge in [0.2, 0.25) is 17.7 Å². The molecule has 0 radical (unpaired) electrons. The molecular weight excluding hydrogens is 674 g/mol. The Balaban J connectivity index is 0.841. The van der Waals surface area contributed by atoms with Gasteiger partial charge in [-0.2, -0.15) is 0 Å². The molecule has 7 rings (SSSR count). The largest absolute Gasteiger partial charge is 0.508 e. The number of unbranched alkanes of at least 4 members (excludes halogenated alkanes) is 1. The third-order valence-corrected chi connectivity index (χ3v) is 10.3. The summed E-state index contributed by atoms with van der Waals surface area (Å²) in [5.74, 6) is 1.44. The van der Waals surface area contributed by atoms with Gasteiger partial charge in [0.1, 0.15) is 35.6 Å². The number of nitrogens with zero attached hydrogens (tertiary/aromatic N) is 2. The summed E-state index contributed by atoms with van der Waals surface area (Å²) in [5, 5.41) is 12.4. The summed E-state index contributed by atoms with van der Waals surface area (Å²) in [6.07, 6.45) is 2.27.